The van der Waals surface area contributed by atoms with E-state index in [2.05, 4.69) is 45.3 Å². The van der Waals surface area contributed by atoms with Gasteiger partial charge < -0.3 is 15.4 Å². The maximum Gasteiger partial charge on any atom is 0.320 e. The lowest BCUT2D eigenvalue weighted by Gasteiger charge is -2.20. The van der Waals surface area contributed by atoms with E-state index >= 15 is 0 Å². The standard InChI is InChI=1S/C28H35N5O3/c1-29-27(34)22-11-9-21(10-12-22)25-17-26(33(2)32-25)31-28(35)30-18-23-15-19(13-14-36-3)16-24(23)20-7-5-4-6-8-20/h4-12,17,19,23-24H,13-16,18H2,1-3H3,(H,29,34)(H2,30,31,35)/t19?,23-,24-/m0/s1. The van der Waals surface area contributed by atoms with Crippen LogP contribution < -0.4 is 16.0 Å². The van der Waals surface area contributed by atoms with E-state index in [4.69, 9.17) is 4.74 Å². The Labute approximate surface area is 212 Å². The minimum Gasteiger partial charge on any atom is -0.385 e. The van der Waals surface area contributed by atoms with E-state index in [9.17, 15) is 9.59 Å². The van der Waals surface area contributed by atoms with Gasteiger partial charge in [0.25, 0.3) is 5.91 Å². The van der Waals surface area contributed by atoms with E-state index in [1.54, 1.807) is 38.0 Å². The summed E-state index contributed by atoms with van der Waals surface area (Å²) in [6.45, 7) is 1.38. The Kier molecular flexibility index (Phi) is 8.38. The molecule has 1 saturated carbocycles. The summed E-state index contributed by atoms with van der Waals surface area (Å²) in [5, 5.41) is 13.1. The molecule has 0 saturated heterocycles. The lowest BCUT2D eigenvalue weighted by molar-refractivity contribution is 0.0963. The van der Waals surface area contributed by atoms with Gasteiger partial charge in [0, 0.05) is 51.6 Å². The van der Waals surface area contributed by atoms with Crippen molar-refractivity contribution in [3.05, 3.63) is 71.8 Å². The van der Waals surface area contributed by atoms with Crippen LogP contribution in [-0.2, 0) is 11.8 Å². The van der Waals surface area contributed by atoms with Gasteiger partial charge in [-0.1, -0.05) is 42.5 Å². The summed E-state index contributed by atoms with van der Waals surface area (Å²) in [7, 11) is 5.14. The lowest BCUT2D eigenvalue weighted by atomic mass is 9.89. The molecule has 1 unspecified atom stereocenters. The number of anilines is 1. The van der Waals surface area contributed by atoms with E-state index in [0.29, 0.717) is 35.7 Å². The molecule has 3 aromatic rings. The largest absolute Gasteiger partial charge is 0.385 e. The number of carbonyl (C=O) groups excluding carboxylic acids is 2. The van der Waals surface area contributed by atoms with Gasteiger partial charge in [0.1, 0.15) is 5.82 Å². The Morgan fingerprint density at radius 1 is 1.08 bits per heavy atom. The number of carbonyl (C=O) groups is 2. The molecule has 0 bridgehead atoms. The summed E-state index contributed by atoms with van der Waals surface area (Å²) >= 11 is 0. The monoisotopic (exact) mass is 489 g/mol. The number of rotatable bonds is 9. The highest BCUT2D eigenvalue weighted by atomic mass is 16.5. The fraction of sp³-hybridized carbons (Fsp3) is 0.393. The molecule has 3 amide bonds. The van der Waals surface area contributed by atoms with Gasteiger partial charge in [0.15, 0.2) is 0 Å². The summed E-state index contributed by atoms with van der Waals surface area (Å²) < 4.78 is 6.95. The second-order valence-electron chi connectivity index (χ2n) is 9.43. The van der Waals surface area contributed by atoms with Crippen molar-refractivity contribution in [1.82, 2.24) is 20.4 Å². The van der Waals surface area contributed by atoms with Crippen molar-refractivity contribution in [3.63, 3.8) is 0 Å². The van der Waals surface area contributed by atoms with Crippen LogP contribution in [0.2, 0.25) is 0 Å². The number of urea groups is 1. The molecule has 1 aromatic heterocycles. The average Bonchev–Trinajstić information content (AvgIpc) is 3.49. The van der Waals surface area contributed by atoms with E-state index in [1.807, 2.05) is 24.3 Å². The zero-order chi connectivity index (χ0) is 25.5. The second-order valence-corrected chi connectivity index (χ2v) is 9.43. The molecule has 8 heteroatoms. The topological polar surface area (TPSA) is 97.3 Å². The third kappa shape index (κ3) is 6.12. The first-order chi connectivity index (χ1) is 17.5. The second kappa shape index (κ2) is 11.9. The molecule has 1 heterocycles. The number of amides is 3. The van der Waals surface area contributed by atoms with E-state index in [-0.39, 0.29) is 11.9 Å². The molecular formula is C28H35N5O3. The maximum atomic E-state index is 12.8. The molecule has 2 aromatic carbocycles. The van der Waals surface area contributed by atoms with Crippen molar-refractivity contribution < 1.29 is 14.3 Å². The number of nitrogens with one attached hydrogen (secondary N) is 3. The molecule has 36 heavy (non-hydrogen) atoms. The van der Waals surface area contributed by atoms with Crippen LogP contribution in [0.5, 0.6) is 0 Å². The van der Waals surface area contributed by atoms with Crippen molar-refractivity contribution in [1.29, 1.82) is 0 Å². The van der Waals surface area contributed by atoms with Gasteiger partial charge in [-0.25, -0.2) is 4.79 Å². The maximum absolute atomic E-state index is 12.8. The minimum absolute atomic E-state index is 0.136. The first-order valence-electron chi connectivity index (χ1n) is 12.4. The predicted octanol–water partition coefficient (Wildman–Crippen LogP) is 4.41. The van der Waals surface area contributed by atoms with Crippen molar-refractivity contribution in [3.8, 4) is 11.3 Å². The zero-order valence-electron chi connectivity index (χ0n) is 21.2. The normalized spacial score (nSPS) is 19.1. The molecule has 0 spiro atoms. The zero-order valence-corrected chi connectivity index (χ0v) is 21.2. The highest BCUT2D eigenvalue weighted by molar-refractivity contribution is 5.94. The number of hydrogen-bond acceptors (Lipinski definition) is 4. The van der Waals surface area contributed by atoms with Crippen molar-refractivity contribution in [2.75, 3.05) is 32.6 Å². The van der Waals surface area contributed by atoms with Crippen LogP contribution >= 0.6 is 0 Å². The van der Waals surface area contributed by atoms with Crippen LogP contribution in [0.25, 0.3) is 11.3 Å². The highest BCUT2D eigenvalue weighted by Gasteiger charge is 2.35. The van der Waals surface area contributed by atoms with Gasteiger partial charge in [-0.05, 0) is 54.7 Å². The molecule has 0 aliphatic heterocycles. The van der Waals surface area contributed by atoms with Gasteiger partial charge in [-0.2, -0.15) is 5.10 Å². The molecule has 1 aliphatic carbocycles. The van der Waals surface area contributed by atoms with Crippen LogP contribution in [0.15, 0.2) is 60.7 Å². The van der Waals surface area contributed by atoms with Crippen molar-refractivity contribution >= 4 is 17.8 Å². The number of aromatic nitrogens is 2. The summed E-state index contributed by atoms with van der Waals surface area (Å²) in [4.78, 5) is 24.6. The molecule has 3 atom stereocenters. The van der Waals surface area contributed by atoms with Crippen molar-refractivity contribution in [2.24, 2.45) is 18.9 Å². The first kappa shape index (κ1) is 25.4. The number of nitrogens with zero attached hydrogens (tertiary/aromatic N) is 2. The molecule has 0 radical (unpaired) electrons. The van der Waals surface area contributed by atoms with E-state index in [1.165, 1.54) is 5.56 Å². The predicted molar refractivity (Wildman–Crippen MR) is 141 cm³/mol. The SMILES string of the molecule is CNC(=O)c1ccc(-c2cc(NC(=O)NC[C@@H]3CC(CCOC)C[C@H]3c3ccccc3)n(C)n2)cc1. The number of benzene rings is 2. The Morgan fingerprint density at radius 3 is 2.53 bits per heavy atom. The summed E-state index contributed by atoms with van der Waals surface area (Å²) in [6, 6.07) is 19.4. The molecule has 4 rings (SSSR count). The Balaban J connectivity index is 1.37. The third-order valence-corrected chi connectivity index (χ3v) is 7.07. The highest BCUT2D eigenvalue weighted by Crippen LogP contribution is 2.44. The van der Waals surface area contributed by atoms with Gasteiger partial charge >= 0.3 is 6.03 Å². The number of ether oxygens (including phenoxy) is 1. The molecule has 8 nitrogen and oxygen atoms in total. The van der Waals surface area contributed by atoms with Gasteiger partial charge in [0.05, 0.1) is 5.69 Å². The van der Waals surface area contributed by atoms with Crippen LogP contribution in [0, 0.1) is 11.8 Å². The third-order valence-electron chi connectivity index (χ3n) is 7.07. The van der Waals surface area contributed by atoms with Crippen LogP contribution in [0.1, 0.15) is 41.1 Å². The first-order valence-corrected chi connectivity index (χ1v) is 12.4. The summed E-state index contributed by atoms with van der Waals surface area (Å²) in [5.41, 5.74) is 3.51. The van der Waals surface area contributed by atoms with Gasteiger partial charge in [-0.15, -0.1) is 0 Å². The van der Waals surface area contributed by atoms with E-state index in [0.717, 1.165) is 37.1 Å². The van der Waals surface area contributed by atoms with Crippen LogP contribution in [0.4, 0.5) is 10.6 Å². The van der Waals surface area contributed by atoms with Crippen molar-refractivity contribution in [2.45, 2.75) is 25.2 Å². The molecule has 1 fully saturated rings. The summed E-state index contributed by atoms with van der Waals surface area (Å²) in [6.07, 6.45) is 3.24. The number of aryl methyl sites for hydroxylation is 1. The molecule has 190 valence electrons. The lowest BCUT2D eigenvalue weighted by Crippen LogP contribution is -2.34. The molecule has 3 N–H and O–H groups in total. The Morgan fingerprint density at radius 2 is 1.83 bits per heavy atom. The quantitative estimate of drug-likeness (QED) is 0.415. The summed E-state index contributed by atoms with van der Waals surface area (Å²) in [5.74, 6) is 1.86. The smallest absolute Gasteiger partial charge is 0.320 e. The van der Waals surface area contributed by atoms with Crippen LogP contribution in [-0.4, -0.2) is 49.0 Å². The Hall–Kier alpha value is -3.65. The Bertz CT molecular complexity index is 1160. The fourth-order valence-corrected chi connectivity index (χ4v) is 5.14. The van der Waals surface area contributed by atoms with Crippen LogP contribution in [0.3, 0.4) is 0 Å². The molecule has 1 aliphatic rings. The van der Waals surface area contributed by atoms with E-state index < -0.39 is 0 Å². The number of hydrogen-bond donors (Lipinski definition) is 3. The average molecular weight is 490 g/mol. The van der Waals surface area contributed by atoms with Gasteiger partial charge in [-0.3, -0.25) is 14.8 Å². The molecular weight excluding hydrogens is 454 g/mol. The number of methoxy groups -OCH3 is 1. The van der Waals surface area contributed by atoms with Gasteiger partial charge in [0.2, 0.25) is 0 Å². The minimum atomic E-state index is -0.244. The fourth-order valence-electron chi connectivity index (χ4n) is 5.14.